The molecule has 2 aromatic carbocycles. The van der Waals surface area contributed by atoms with Gasteiger partial charge in [0.2, 0.25) is 5.91 Å². The van der Waals surface area contributed by atoms with Gasteiger partial charge in [-0.1, -0.05) is 15.9 Å². The van der Waals surface area contributed by atoms with Crippen molar-refractivity contribution in [2.45, 2.75) is 6.54 Å². The lowest BCUT2D eigenvalue weighted by atomic mass is 10.2. The van der Waals surface area contributed by atoms with Crippen molar-refractivity contribution in [3.8, 4) is 0 Å². The molecule has 1 amide bonds. The summed E-state index contributed by atoms with van der Waals surface area (Å²) in [6.07, 6.45) is 1.53. The lowest BCUT2D eigenvalue weighted by molar-refractivity contribution is -0.116. The molecule has 116 valence electrons. The van der Waals surface area contributed by atoms with Crippen LogP contribution in [0.25, 0.3) is 10.9 Å². The highest BCUT2D eigenvalue weighted by molar-refractivity contribution is 9.10. The van der Waals surface area contributed by atoms with Gasteiger partial charge in [0.05, 0.1) is 5.52 Å². The fourth-order valence-electron chi connectivity index (χ4n) is 2.31. The summed E-state index contributed by atoms with van der Waals surface area (Å²) in [6.45, 7) is 0.0263. The molecule has 0 fully saturated rings. The third kappa shape index (κ3) is 3.48. The van der Waals surface area contributed by atoms with Gasteiger partial charge in [-0.3, -0.25) is 9.59 Å². The molecule has 4 nitrogen and oxygen atoms in total. The number of halogens is 2. The summed E-state index contributed by atoms with van der Waals surface area (Å²) in [6, 6.07) is 12.5. The van der Waals surface area contributed by atoms with Crippen molar-refractivity contribution in [1.29, 1.82) is 0 Å². The average molecular weight is 375 g/mol. The van der Waals surface area contributed by atoms with Gasteiger partial charge >= 0.3 is 0 Å². The Hall–Kier alpha value is -2.47. The molecule has 3 rings (SSSR count). The molecule has 23 heavy (non-hydrogen) atoms. The van der Waals surface area contributed by atoms with Crippen molar-refractivity contribution >= 4 is 38.4 Å². The molecule has 1 aromatic heterocycles. The number of nitrogens with one attached hydrogen (secondary N) is 1. The normalized spacial score (nSPS) is 10.7. The van der Waals surface area contributed by atoms with E-state index in [1.165, 1.54) is 30.5 Å². The Balaban J connectivity index is 1.86. The SMILES string of the molecule is O=C(Cn1ccc(=O)c2cc(F)ccc21)Nc1ccc(Br)cc1. The predicted molar refractivity (Wildman–Crippen MR) is 90.9 cm³/mol. The summed E-state index contributed by atoms with van der Waals surface area (Å²) in [4.78, 5) is 24.0. The van der Waals surface area contributed by atoms with Gasteiger partial charge < -0.3 is 9.88 Å². The molecule has 3 aromatic rings. The standard InChI is InChI=1S/C17H12BrFN2O2/c18-11-1-4-13(5-2-11)20-17(23)10-21-8-7-16(22)14-9-12(19)3-6-15(14)21/h1-9H,10H2,(H,20,23). The van der Waals surface area contributed by atoms with E-state index in [0.717, 1.165) is 4.47 Å². The Morgan fingerprint density at radius 1 is 1.13 bits per heavy atom. The zero-order chi connectivity index (χ0) is 16.4. The lowest BCUT2D eigenvalue weighted by Gasteiger charge is -2.11. The molecule has 6 heteroatoms. The highest BCUT2D eigenvalue weighted by Gasteiger charge is 2.08. The summed E-state index contributed by atoms with van der Waals surface area (Å²) in [7, 11) is 0. The van der Waals surface area contributed by atoms with Crippen molar-refractivity contribution in [2.24, 2.45) is 0 Å². The maximum atomic E-state index is 13.3. The first-order valence-electron chi connectivity index (χ1n) is 6.87. The number of amides is 1. The largest absolute Gasteiger partial charge is 0.338 e. The smallest absolute Gasteiger partial charge is 0.244 e. The Morgan fingerprint density at radius 2 is 1.87 bits per heavy atom. The van der Waals surface area contributed by atoms with Crippen LogP contribution in [0.1, 0.15) is 0 Å². The van der Waals surface area contributed by atoms with Crippen LogP contribution < -0.4 is 10.7 Å². The zero-order valence-electron chi connectivity index (χ0n) is 11.9. The second-order valence-electron chi connectivity index (χ2n) is 5.02. The molecule has 0 aliphatic carbocycles. The topological polar surface area (TPSA) is 51.1 Å². The molecule has 1 heterocycles. The van der Waals surface area contributed by atoms with E-state index >= 15 is 0 Å². The van der Waals surface area contributed by atoms with E-state index in [9.17, 15) is 14.0 Å². The fraction of sp³-hybridized carbons (Fsp3) is 0.0588. The molecule has 0 saturated carbocycles. The number of carbonyl (C=O) groups excluding carboxylic acids is 1. The molecular weight excluding hydrogens is 363 g/mol. The van der Waals surface area contributed by atoms with E-state index < -0.39 is 5.82 Å². The van der Waals surface area contributed by atoms with Crippen molar-refractivity contribution in [2.75, 3.05) is 5.32 Å². The number of hydrogen-bond donors (Lipinski definition) is 1. The minimum atomic E-state index is -0.480. The van der Waals surface area contributed by atoms with E-state index in [2.05, 4.69) is 21.2 Å². The van der Waals surface area contributed by atoms with Crippen molar-refractivity contribution < 1.29 is 9.18 Å². The van der Waals surface area contributed by atoms with Gasteiger partial charge in [-0.25, -0.2) is 4.39 Å². The van der Waals surface area contributed by atoms with E-state index in [1.54, 1.807) is 16.7 Å². The van der Waals surface area contributed by atoms with Crippen LogP contribution in [0.2, 0.25) is 0 Å². The molecule has 0 aliphatic heterocycles. The fourth-order valence-corrected chi connectivity index (χ4v) is 2.57. The number of pyridine rings is 1. The number of anilines is 1. The zero-order valence-corrected chi connectivity index (χ0v) is 13.5. The second-order valence-corrected chi connectivity index (χ2v) is 5.94. The summed E-state index contributed by atoms with van der Waals surface area (Å²) in [5.41, 5.74) is 0.920. The van der Waals surface area contributed by atoms with E-state index in [1.807, 2.05) is 12.1 Å². The Morgan fingerprint density at radius 3 is 2.61 bits per heavy atom. The minimum Gasteiger partial charge on any atom is -0.338 e. The van der Waals surface area contributed by atoms with Gasteiger partial charge in [0.25, 0.3) is 0 Å². The van der Waals surface area contributed by atoms with E-state index in [-0.39, 0.29) is 23.3 Å². The Kier molecular flexibility index (Phi) is 4.25. The number of fused-ring (bicyclic) bond motifs is 1. The Bertz CT molecular complexity index is 935. The van der Waals surface area contributed by atoms with Gasteiger partial charge in [0, 0.05) is 27.8 Å². The molecular formula is C17H12BrFN2O2. The van der Waals surface area contributed by atoms with E-state index in [0.29, 0.717) is 11.2 Å². The first-order chi connectivity index (χ1) is 11.0. The first kappa shape index (κ1) is 15.4. The van der Waals surface area contributed by atoms with Crippen LogP contribution in [0.5, 0.6) is 0 Å². The monoisotopic (exact) mass is 374 g/mol. The van der Waals surface area contributed by atoms with E-state index in [4.69, 9.17) is 0 Å². The number of carbonyl (C=O) groups is 1. The molecule has 0 atom stereocenters. The minimum absolute atomic E-state index is 0.0263. The third-order valence-electron chi connectivity index (χ3n) is 3.38. The first-order valence-corrected chi connectivity index (χ1v) is 7.66. The van der Waals surface area contributed by atoms with Crippen LogP contribution in [0.3, 0.4) is 0 Å². The van der Waals surface area contributed by atoms with Crippen LogP contribution >= 0.6 is 15.9 Å². The van der Waals surface area contributed by atoms with Gasteiger partial charge in [0.1, 0.15) is 12.4 Å². The highest BCUT2D eigenvalue weighted by atomic mass is 79.9. The molecule has 0 radical (unpaired) electrons. The van der Waals surface area contributed by atoms with Crippen LogP contribution in [-0.2, 0) is 11.3 Å². The maximum Gasteiger partial charge on any atom is 0.244 e. The van der Waals surface area contributed by atoms with Crippen molar-refractivity contribution in [3.05, 3.63) is 75.2 Å². The number of nitrogens with zero attached hydrogens (tertiary/aromatic N) is 1. The molecule has 0 unspecified atom stereocenters. The molecule has 0 bridgehead atoms. The van der Waals surface area contributed by atoms with Crippen LogP contribution in [-0.4, -0.2) is 10.5 Å². The van der Waals surface area contributed by atoms with Gasteiger partial charge in [-0.05, 0) is 42.5 Å². The summed E-state index contributed by atoms with van der Waals surface area (Å²) >= 11 is 3.33. The van der Waals surface area contributed by atoms with Crippen molar-refractivity contribution in [1.82, 2.24) is 4.57 Å². The quantitative estimate of drug-likeness (QED) is 0.762. The molecule has 1 N–H and O–H groups in total. The van der Waals surface area contributed by atoms with Gasteiger partial charge in [-0.2, -0.15) is 0 Å². The van der Waals surface area contributed by atoms with Crippen molar-refractivity contribution in [3.63, 3.8) is 0 Å². The highest BCUT2D eigenvalue weighted by Crippen LogP contribution is 2.15. The number of rotatable bonds is 3. The lowest BCUT2D eigenvalue weighted by Crippen LogP contribution is -2.20. The number of hydrogen-bond acceptors (Lipinski definition) is 2. The summed E-state index contributed by atoms with van der Waals surface area (Å²) in [5.74, 6) is -0.715. The molecule has 0 saturated heterocycles. The van der Waals surface area contributed by atoms with Gasteiger partial charge in [0.15, 0.2) is 5.43 Å². The molecule has 0 spiro atoms. The average Bonchev–Trinajstić information content (AvgIpc) is 2.52. The number of benzene rings is 2. The Labute approximate surface area is 139 Å². The van der Waals surface area contributed by atoms with Crippen LogP contribution in [0.4, 0.5) is 10.1 Å². The maximum absolute atomic E-state index is 13.3. The number of aromatic nitrogens is 1. The summed E-state index contributed by atoms with van der Waals surface area (Å²) < 4.78 is 15.8. The molecule has 0 aliphatic rings. The third-order valence-corrected chi connectivity index (χ3v) is 3.91. The second kappa shape index (κ2) is 6.34. The predicted octanol–water partition coefficient (Wildman–Crippen LogP) is 3.54. The van der Waals surface area contributed by atoms with Crippen LogP contribution in [0, 0.1) is 5.82 Å². The van der Waals surface area contributed by atoms with Gasteiger partial charge in [-0.15, -0.1) is 0 Å². The van der Waals surface area contributed by atoms with Crippen LogP contribution in [0.15, 0.2) is 64.0 Å². The summed E-state index contributed by atoms with van der Waals surface area (Å²) in [5, 5.41) is 3.03.